The Labute approximate surface area is 108 Å². The zero-order valence-electron chi connectivity index (χ0n) is 9.77. The Hall–Kier alpha value is -1.14. The van der Waals surface area contributed by atoms with Gasteiger partial charge in [-0.2, -0.15) is 0 Å². The molecule has 1 N–H and O–H groups in total. The quantitative estimate of drug-likeness (QED) is 0.914. The van der Waals surface area contributed by atoms with Gasteiger partial charge in [0.15, 0.2) is 0 Å². The lowest BCUT2D eigenvalue weighted by Crippen LogP contribution is -2.34. The van der Waals surface area contributed by atoms with Gasteiger partial charge in [-0.05, 0) is 13.0 Å². The normalized spacial score (nSPS) is 21.4. The molecular formula is C12H13F2NO2S. The number of aliphatic hydroxyl groups excluding tert-OH is 1. The molecule has 3 nitrogen and oxygen atoms in total. The van der Waals surface area contributed by atoms with Crippen molar-refractivity contribution in [2.45, 2.75) is 18.4 Å². The molecule has 0 spiro atoms. The van der Waals surface area contributed by atoms with Crippen LogP contribution in [0.15, 0.2) is 18.2 Å². The molecule has 0 aromatic heterocycles. The topological polar surface area (TPSA) is 40.5 Å². The van der Waals surface area contributed by atoms with Crippen LogP contribution < -0.4 is 0 Å². The molecule has 6 heteroatoms. The first-order valence-electron chi connectivity index (χ1n) is 5.53. The van der Waals surface area contributed by atoms with Crippen molar-refractivity contribution in [1.82, 2.24) is 4.90 Å². The molecule has 0 saturated carbocycles. The molecule has 2 atom stereocenters. The molecule has 2 rings (SSSR count). The third kappa shape index (κ3) is 2.64. The fourth-order valence-corrected chi connectivity index (χ4v) is 3.12. The molecule has 0 radical (unpaired) electrons. The van der Waals surface area contributed by atoms with E-state index in [0.717, 1.165) is 6.07 Å². The van der Waals surface area contributed by atoms with Crippen LogP contribution in [0.25, 0.3) is 0 Å². The summed E-state index contributed by atoms with van der Waals surface area (Å²) in [6, 6.07) is 3.32. The number of hydrogen-bond acceptors (Lipinski definition) is 3. The first-order valence-corrected chi connectivity index (χ1v) is 6.58. The summed E-state index contributed by atoms with van der Waals surface area (Å²) in [7, 11) is 0. The van der Waals surface area contributed by atoms with E-state index in [-0.39, 0.29) is 23.8 Å². The number of amides is 1. The first-order chi connectivity index (χ1) is 8.49. The Morgan fingerprint density at radius 1 is 1.56 bits per heavy atom. The van der Waals surface area contributed by atoms with E-state index in [4.69, 9.17) is 0 Å². The number of benzene rings is 1. The van der Waals surface area contributed by atoms with E-state index in [1.54, 1.807) is 6.92 Å². The lowest BCUT2D eigenvalue weighted by atomic mass is 10.2. The standard InChI is InChI=1S/C12H13F2NO2S/c1-7(16)5-15-11(17)6-18-12(15)9-3-2-8(13)4-10(9)14/h2-4,7,12,16H,5-6H2,1H3/t7-,12-/m1/s1. The predicted octanol–water partition coefficient (Wildman–Crippen LogP) is 1.92. The highest BCUT2D eigenvalue weighted by atomic mass is 32.2. The summed E-state index contributed by atoms with van der Waals surface area (Å²) in [6.45, 7) is 1.71. The predicted molar refractivity (Wildman–Crippen MR) is 65.0 cm³/mol. The molecule has 0 unspecified atom stereocenters. The summed E-state index contributed by atoms with van der Waals surface area (Å²) in [5.41, 5.74) is 0.271. The molecule has 1 aromatic carbocycles. The Bertz CT molecular complexity index is 467. The van der Waals surface area contributed by atoms with Crippen LogP contribution in [0.4, 0.5) is 8.78 Å². The second kappa shape index (κ2) is 5.24. The zero-order valence-corrected chi connectivity index (χ0v) is 10.6. The van der Waals surface area contributed by atoms with E-state index in [0.29, 0.717) is 0 Å². The Kier molecular flexibility index (Phi) is 3.87. The average molecular weight is 273 g/mol. The fourth-order valence-electron chi connectivity index (χ4n) is 1.90. The van der Waals surface area contributed by atoms with Gasteiger partial charge < -0.3 is 10.0 Å². The van der Waals surface area contributed by atoms with Crippen LogP contribution in [0.1, 0.15) is 17.9 Å². The number of carbonyl (C=O) groups is 1. The van der Waals surface area contributed by atoms with Crippen molar-refractivity contribution in [3.05, 3.63) is 35.4 Å². The average Bonchev–Trinajstić information content (AvgIpc) is 2.60. The van der Waals surface area contributed by atoms with Gasteiger partial charge >= 0.3 is 0 Å². The molecule has 1 amide bonds. The van der Waals surface area contributed by atoms with Crippen LogP contribution in [0, 0.1) is 11.6 Å². The Morgan fingerprint density at radius 2 is 2.28 bits per heavy atom. The fraction of sp³-hybridized carbons (Fsp3) is 0.417. The largest absolute Gasteiger partial charge is 0.392 e. The summed E-state index contributed by atoms with van der Waals surface area (Å²) in [5.74, 6) is -1.21. The van der Waals surface area contributed by atoms with Gasteiger partial charge in [-0.25, -0.2) is 8.78 Å². The summed E-state index contributed by atoms with van der Waals surface area (Å²) in [6.07, 6.45) is -0.682. The zero-order chi connectivity index (χ0) is 13.3. The molecule has 1 aromatic rings. The molecule has 1 aliphatic rings. The minimum absolute atomic E-state index is 0.144. The van der Waals surface area contributed by atoms with Gasteiger partial charge in [0, 0.05) is 18.2 Å². The van der Waals surface area contributed by atoms with E-state index < -0.39 is 23.1 Å². The van der Waals surface area contributed by atoms with E-state index in [9.17, 15) is 18.7 Å². The van der Waals surface area contributed by atoms with E-state index in [1.165, 1.54) is 28.8 Å². The van der Waals surface area contributed by atoms with Gasteiger partial charge in [0.05, 0.1) is 11.9 Å². The maximum atomic E-state index is 13.7. The van der Waals surface area contributed by atoms with Crippen LogP contribution in [0.5, 0.6) is 0 Å². The number of nitrogens with zero attached hydrogens (tertiary/aromatic N) is 1. The monoisotopic (exact) mass is 273 g/mol. The number of thioether (sulfide) groups is 1. The molecule has 1 fully saturated rings. The SMILES string of the molecule is C[C@@H](O)CN1C(=O)CS[C@@H]1c1ccc(F)cc1F. The number of aliphatic hydroxyl groups is 1. The molecule has 18 heavy (non-hydrogen) atoms. The van der Waals surface area contributed by atoms with Crippen LogP contribution in [0.2, 0.25) is 0 Å². The molecule has 98 valence electrons. The van der Waals surface area contributed by atoms with Crippen LogP contribution in [-0.2, 0) is 4.79 Å². The van der Waals surface area contributed by atoms with Gasteiger partial charge in [0.2, 0.25) is 5.91 Å². The third-order valence-electron chi connectivity index (χ3n) is 2.66. The summed E-state index contributed by atoms with van der Waals surface area (Å²) >= 11 is 1.28. The number of rotatable bonds is 3. The van der Waals surface area contributed by atoms with Crippen molar-refractivity contribution in [1.29, 1.82) is 0 Å². The Balaban J connectivity index is 2.28. The van der Waals surface area contributed by atoms with Gasteiger partial charge in [-0.3, -0.25) is 4.79 Å². The number of carbonyl (C=O) groups excluding carboxylic acids is 1. The van der Waals surface area contributed by atoms with Crippen molar-refractivity contribution in [2.24, 2.45) is 0 Å². The van der Waals surface area contributed by atoms with E-state index in [2.05, 4.69) is 0 Å². The highest BCUT2D eigenvalue weighted by Crippen LogP contribution is 2.39. The summed E-state index contributed by atoms with van der Waals surface area (Å²) in [4.78, 5) is 13.1. The number of hydrogen-bond donors (Lipinski definition) is 1. The van der Waals surface area contributed by atoms with Crippen molar-refractivity contribution in [3.8, 4) is 0 Å². The lowest BCUT2D eigenvalue weighted by molar-refractivity contribution is -0.129. The second-order valence-corrected chi connectivity index (χ2v) is 5.29. The summed E-state index contributed by atoms with van der Waals surface area (Å²) < 4.78 is 26.5. The maximum Gasteiger partial charge on any atom is 0.233 e. The van der Waals surface area contributed by atoms with Crippen LogP contribution >= 0.6 is 11.8 Å². The number of halogens is 2. The van der Waals surface area contributed by atoms with Gasteiger partial charge in [-0.1, -0.05) is 6.07 Å². The number of β-amino-alcohol motifs (C(OH)–C–C–N with tert-alkyl or cyclic N) is 1. The molecule has 0 bridgehead atoms. The van der Waals surface area contributed by atoms with E-state index in [1.807, 2.05) is 0 Å². The van der Waals surface area contributed by atoms with Crippen molar-refractivity contribution < 1.29 is 18.7 Å². The van der Waals surface area contributed by atoms with Crippen LogP contribution in [0.3, 0.4) is 0 Å². The molecular weight excluding hydrogens is 260 g/mol. The molecule has 1 aliphatic heterocycles. The summed E-state index contributed by atoms with van der Waals surface area (Å²) in [5, 5.41) is 8.86. The van der Waals surface area contributed by atoms with Crippen molar-refractivity contribution in [2.75, 3.05) is 12.3 Å². The highest BCUT2D eigenvalue weighted by molar-refractivity contribution is 8.00. The minimum atomic E-state index is -0.682. The van der Waals surface area contributed by atoms with E-state index >= 15 is 0 Å². The first kappa shape index (κ1) is 13.3. The van der Waals surface area contributed by atoms with Crippen molar-refractivity contribution in [3.63, 3.8) is 0 Å². The minimum Gasteiger partial charge on any atom is -0.392 e. The van der Waals surface area contributed by atoms with Gasteiger partial charge in [0.1, 0.15) is 17.0 Å². The highest BCUT2D eigenvalue weighted by Gasteiger charge is 2.34. The van der Waals surface area contributed by atoms with Crippen LogP contribution in [-0.4, -0.2) is 34.3 Å². The maximum absolute atomic E-state index is 13.7. The van der Waals surface area contributed by atoms with Gasteiger partial charge in [0.25, 0.3) is 0 Å². The Morgan fingerprint density at radius 3 is 2.89 bits per heavy atom. The van der Waals surface area contributed by atoms with Gasteiger partial charge in [-0.15, -0.1) is 11.8 Å². The van der Waals surface area contributed by atoms with Crippen molar-refractivity contribution >= 4 is 17.7 Å². The second-order valence-electron chi connectivity index (χ2n) is 4.22. The molecule has 1 saturated heterocycles. The smallest absolute Gasteiger partial charge is 0.233 e. The third-order valence-corrected chi connectivity index (χ3v) is 3.90. The lowest BCUT2D eigenvalue weighted by Gasteiger charge is -2.25. The molecule has 0 aliphatic carbocycles. The molecule has 1 heterocycles.